The maximum atomic E-state index is 12.4. The molecule has 27 heavy (non-hydrogen) atoms. The number of rotatable bonds is 7. The highest BCUT2D eigenvalue weighted by molar-refractivity contribution is 5.97. The van der Waals surface area contributed by atoms with Crippen molar-refractivity contribution in [2.45, 2.75) is 26.6 Å². The van der Waals surface area contributed by atoms with E-state index < -0.39 is 6.61 Å². The lowest BCUT2D eigenvalue weighted by Gasteiger charge is -2.12. The molecule has 7 nitrogen and oxygen atoms in total. The molecule has 0 aliphatic rings. The Hall–Kier alpha value is -3.23. The summed E-state index contributed by atoms with van der Waals surface area (Å²) in [5.74, 6) is -0.179. The second-order valence-corrected chi connectivity index (χ2v) is 5.66. The normalized spacial score (nSPS) is 11.0. The Bertz CT molecular complexity index is 959. The van der Waals surface area contributed by atoms with Crippen LogP contribution in [0.4, 0.5) is 8.78 Å². The fourth-order valence-corrected chi connectivity index (χ4v) is 2.65. The fourth-order valence-electron chi connectivity index (χ4n) is 2.65. The molecule has 0 radical (unpaired) electrons. The number of nitrogens with zero attached hydrogens (tertiary/aromatic N) is 3. The minimum Gasteiger partial charge on any atom is -0.493 e. The second kappa shape index (κ2) is 7.98. The number of nitrogens with one attached hydrogen (secondary N) is 1. The summed E-state index contributed by atoms with van der Waals surface area (Å²) in [4.78, 5) is 12.4. The first kappa shape index (κ1) is 18.6. The van der Waals surface area contributed by atoms with Crippen LogP contribution in [0.1, 0.15) is 22.8 Å². The maximum absolute atomic E-state index is 12.4. The number of amides is 1. The van der Waals surface area contributed by atoms with Crippen LogP contribution in [0.5, 0.6) is 11.5 Å². The molecule has 9 heteroatoms. The van der Waals surface area contributed by atoms with Crippen molar-refractivity contribution < 1.29 is 23.0 Å². The van der Waals surface area contributed by atoms with Gasteiger partial charge in [-0.1, -0.05) is 11.3 Å². The summed E-state index contributed by atoms with van der Waals surface area (Å²) < 4.78 is 35.9. The van der Waals surface area contributed by atoms with E-state index in [0.29, 0.717) is 23.2 Å². The molecule has 3 aromatic rings. The number of aromatic nitrogens is 3. The molecule has 0 saturated carbocycles. The predicted molar refractivity (Wildman–Crippen MR) is 94.0 cm³/mol. The summed E-state index contributed by atoms with van der Waals surface area (Å²) in [6, 6.07) is 9.66. The summed E-state index contributed by atoms with van der Waals surface area (Å²) in [6.45, 7) is -0.0929. The molecule has 1 heterocycles. The lowest BCUT2D eigenvalue weighted by molar-refractivity contribution is -0.0512. The minimum atomic E-state index is -2.94. The molecule has 1 aromatic heterocycles. The van der Waals surface area contributed by atoms with Crippen LogP contribution in [-0.2, 0) is 13.1 Å². The summed E-state index contributed by atoms with van der Waals surface area (Å²) >= 11 is 0. The SMILES string of the molecule is CCn1nnc2cc(C(=O)NCc3ccc(OC(F)F)c(OC)c3)ccc21. The quantitative estimate of drug-likeness (QED) is 0.686. The first-order chi connectivity index (χ1) is 13.0. The lowest BCUT2D eigenvalue weighted by Crippen LogP contribution is -2.22. The van der Waals surface area contributed by atoms with Gasteiger partial charge in [0.05, 0.1) is 12.6 Å². The van der Waals surface area contributed by atoms with Gasteiger partial charge in [0, 0.05) is 18.7 Å². The van der Waals surface area contributed by atoms with Crippen molar-refractivity contribution in [1.82, 2.24) is 20.3 Å². The second-order valence-electron chi connectivity index (χ2n) is 5.66. The molecular weight excluding hydrogens is 358 g/mol. The Kier molecular flexibility index (Phi) is 5.49. The van der Waals surface area contributed by atoms with Crippen molar-refractivity contribution in [2.75, 3.05) is 7.11 Å². The van der Waals surface area contributed by atoms with E-state index in [4.69, 9.17) is 4.74 Å². The minimum absolute atomic E-state index is 0.0629. The van der Waals surface area contributed by atoms with Gasteiger partial charge in [-0.05, 0) is 42.8 Å². The zero-order chi connectivity index (χ0) is 19.4. The summed E-state index contributed by atoms with van der Waals surface area (Å²) in [7, 11) is 1.36. The van der Waals surface area contributed by atoms with Crippen LogP contribution in [0.3, 0.4) is 0 Å². The monoisotopic (exact) mass is 376 g/mol. The Labute approximate surface area is 153 Å². The predicted octanol–water partition coefficient (Wildman–Crippen LogP) is 2.99. The molecule has 0 fully saturated rings. The Morgan fingerprint density at radius 3 is 2.74 bits per heavy atom. The van der Waals surface area contributed by atoms with Crippen LogP contribution in [0.25, 0.3) is 11.0 Å². The number of aryl methyl sites for hydroxylation is 1. The molecule has 0 aliphatic heterocycles. The molecule has 3 rings (SSSR count). The van der Waals surface area contributed by atoms with Gasteiger partial charge in [0.15, 0.2) is 11.5 Å². The smallest absolute Gasteiger partial charge is 0.387 e. The number of carbonyl (C=O) groups is 1. The van der Waals surface area contributed by atoms with Crippen LogP contribution in [0, 0.1) is 0 Å². The highest BCUT2D eigenvalue weighted by Gasteiger charge is 2.13. The average Bonchev–Trinajstić information content (AvgIpc) is 3.08. The van der Waals surface area contributed by atoms with E-state index in [1.807, 2.05) is 6.92 Å². The van der Waals surface area contributed by atoms with Crippen molar-refractivity contribution in [3.05, 3.63) is 47.5 Å². The topological polar surface area (TPSA) is 78.3 Å². The number of hydrogen-bond donors (Lipinski definition) is 1. The van der Waals surface area contributed by atoms with Crippen LogP contribution >= 0.6 is 0 Å². The van der Waals surface area contributed by atoms with E-state index in [0.717, 1.165) is 5.52 Å². The van der Waals surface area contributed by atoms with Gasteiger partial charge in [-0.2, -0.15) is 8.78 Å². The van der Waals surface area contributed by atoms with Crippen LogP contribution < -0.4 is 14.8 Å². The van der Waals surface area contributed by atoms with Gasteiger partial charge >= 0.3 is 6.61 Å². The van der Waals surface area contributed by atoms with E-state index in [1.165, 1.54) is 19.2 Å². The molecule has 0 atom stereocenters. The number of alkyl halides is 2. The third-order valence-corrected chi connectivity index (χ3v) is 3.97. The van der Waals surface area contributed by atoms with Crippen LogP contribution in [0.2, 0.25) is 0 Å². The first-order valence-electron chi connectivity index (χ1n) is 8.25. The van der Waals surface area contributed by atoms with Gasteiger partial charge in [0.1, 0.15) is 5.52 Å². The highest BCUT2D eigenvalue weighted by atomic mass is 19.3. The number of hydrogen-bond acceptors (Lipinski definition) is 5. The summed E-state index contributed by atoms with van der Waals surface area (Å²) in [5.41, 5.74) is 2.63. The number of ether oxygens (including phenoxy) is 2. The van der Waals surface area contributed by atoms with Crippen molar-refractivity contribution in [3.8, 4) is 11.5 Å². The number of fused-ring (bicyclic) bond motifs is 1. The van der Waals surface area contributed by atoms with Gasteiger partial charge in [-0.3, -0.25) is 4.79 Å². The molecule has 142 valence electrons. The molecule has 0 spiro atoms. The molecule has 2 aromatic carbocycles. The van der Waals surface area contributed by atoms with E-state index in [-0.39, 0.29) is 24.0 Å². The van der Waals surface area contributed by atoms with Gasteiger partial charge in [-0.15, -0.1) is 5.10 Å². The maximum Gasteiger partial charge on any atom is 0.387 e. The van der Waals surface area contributed by atoms with Crippen LogP contribution in [-0.4, -0.2) is 34.6 Å². The van der Waals surface area contributed by atoms with Crippen molar-refractivity contribution in [1.29, 1.82) is 0 Å². The van der Waals surface area contributed by atoms with E-state index >= 15 is 0 Å². The molecular formula is C18H18F2N4O3. The van der Waals surface area contributed by atoms with Gasteiger partial charge in [-0.25, -0.2) is 4.68 Å². The van der Waals surface area contributed by atoms with Crippen molar-refractivity contribution in [2.24, 2.45) is 0 Å². The standard InChI is InChI=1S/C18H18F2N4O3/c1-3-24-14-6-5-12(9-13(14)22-23-24)17(25)21-10-11-4-7-15(27-18(19)20)16(8-11)26-2/h4-9,18H,3,10H2,1-2H3,(H,21,25). The van der Waals surface area contributed by atoms with E-state index in [1.54, 1.807) is 28.9 Å². The molecule has 0 aliphatic carbocycles. The molecule has 0 saturated heterocycles. The lowest BCUT2D eigenvalue weighted by atomic mass is 10.1. The number of carbonyl (C=O) groups excluding carboxylic acids is 1. The fraction of sp³-hybridized carbons (Fsp3) is 0.278. The van der Waals surface area contributed by atoms with Gasteiger partial charge < -0.3 is 14.8 Å². The zero-order valence-corrected chi connectivity index (χ0v) is 14.8. The third-order valence-electron chi connectivity index (χ3n) is 3.97. The number of halogens is 2. The molecule has 0 unspecified atom stereocenters. The number of benzene rings is 2. The molecule has 1 N–H and O–H groups in total. The first-order valence-corrected chi connectivity index (χ1v) is 8.25. The van der Waals surface area contributed by atoms with E-state index in [9.17, 15) is 13.6 Å². The molecule has 1 amide bonds. The van der Waals surface area contributed by atoms with Crippen molar-refractivity contribution >= 4 is 16.9 Å². The molecule has 0 bridgehead atoms. The third kappa shape index (κ3) is 4.13. The summed E-state index contributed by atoms with van der Waals surface area (Å²) in [5, 5.41) is 10.8. The number of methoxy groups -OCH3 is 1. The van der Waals surface area contributed by atoms with Gasteiger partial charge in [0.2, 0.25) is 0 Å². The average molecular weight is 376 g/mol. The Morgan fingerprint density at radius 1 is 1.22 bits per heavy atom. The van der Waals surface area contributed by atoms with Gasteiger partial charge in [0.25, 0.3) is 5.91 Å². The van der Waals surface area contributed by atoms with Crippen molar-refractivity contribution in [3.63, 3.8) is 0 Å². The highest BCUT2D eigenvalue weighted by Crippen LogP contribution is 2.29. The zero-order valence-electron chi connectivity index (χ0n) is 14.8. The largest absolute Gasteiger partial charge is 0.493 e. The Morgan fingerprint density at radius 2 is 2.04 bits per heavy atom. The van der Waals surface area contributed by atoms with Crippen LogP contribution in [0.15, 0.2) is 36.4 Å². The summed E-state index contributed by atoms with van der Waals surface area (Å²) in [6.07, 6.45) is 0. The Balaban J connectivity index is 1.70. The van der Waals surface area contributed by atoms with E-state index in [2.05, 4.69) is 20.4 Å².